The van der Waals surface area contributed by atoms with Crippen LogP contribution in [0.15, 0.2) is 54.7 Å². The maximum atomic E-state index is 13.6. The van der Waals surface area contributed by atoms with Crippen LogP contribution in [0.5, 0.6) is 0 Å². The number of carbonyl (C=O) groups is 2. The Morgan fingerprint density at radius 1 is 1.14 bits per heavy atom. The second kappa shape index (κ2) is 7.36. The number of fused-ring (bicyclic) bond motifs is 1. The lowest BCUT2D eigenvalue weighted by atomic mass is 9.88. The molecule has 2 amide bonds. The minimum absolute atomic E-state index is 0.120. The average Bonchev–Trinajstić information content (AvgIpc) is 3.18. The molecule has 6 nitrogen and oxygen atoms in total. The minimum atomic E-state index is -0.576. The van der Waals surface area contributed by atoms with Gasteiger partial charge in [0.25, 0.3) is 5.91 Å². The molecule has 1 aromatic heterocycles. The van der Waals surface area contributed by atoms with E-state index >= 15 is 0 Å². The van der Waals surface area contributed by atoms with Crippen molar-refractivity contribution in [3.8, 4) is 0 Å². The Hall–Kier alpha value is -3.32. The van der Waals surface area contributed by atoms with Crippen LogP contribution < -0.4 is 16.4 Å². The van der Waals surface area contributed by atoms with Crippen LogP contribution in [0.4, 0.5) is 10.1 Å². The van der Waals surface area contributed by atoms with Gasteiger partial charge in [-0.15, -0.1) is 0 Å². The first-order valence-corrected chi connectivity index (χ1v) is 8.99. The normalized spacial score (nSPS) is 18.9. The Bertz CT molecular complexity index is 1070. The number of carbonyl (C=O) groups excluding carboxylic acids is 2. The first-order chi connectivity index (χ1) is 13.5. The Kier molecular flexibility index (Phi) is 4.75. The first kappa shape index (κ1) is 18.1. The van der Waals surface area contributed by atoms with Crippen molar-refractivity contribution in [3.63, 3.8) is 0 Å². The lowest BCUT2D eigenvalue weighted by molar-refractivity contribution is -0.119. The van der Waals surface area contributed by atoms with E-state index in [9.17, 15) is 14.0 Å². The molecule has 2 aromatic carbocycles. The Balaban J connectivity index is 1.63. The highest BCUT2D eigenvalue weighted by Gasteiger charge is 2.34. The number of nitrogens with zero attached hydrogens (tertiary/aromatic N) is 1. The van der Waals surface area contributed by atoms with Gasteiger partial charge in [0.05, 0.1) is 22.7 Å². The molecule has 142 valence electrons. The van der Waals surface area contributed by atoms with Gasteiger partial charge in [-0.3, -0.25) is 14.6 Å². The number of hydrogen-bond acceptors (Lipinski definition) is 4. The molecule has 2 atom stereocenters. The summed E-state index contributed by atoms with van der Waals surface area (Å²) < 4.78 is 13.6. The molecule has 1 aliphatic rings. The number of nitrogens with one attached hydrogen (secondary N) is 2. The summed E-state index contributed by atoms with van der Waals surface area (Å²) in [6.07, 6.45) is 1.57. The lowest BCUT2D eigenvalue weighted by Crippen LogP contribution is -2.28. The zero-order valence-corrected chi connectivity index (χ0v) is 15.0. The van der Waals surface area contributed by atoms with Crippen molar-refractivity contribution in [2.75, 3.05) is 18.4 Å². The molecule has 1 saturated heterocycles. The number of rotatable bonds is 4. The fourth-order valence-corrected chi connectivity index (χ4v) is 3.75. The van der Waals surface area contributed by atoms with E-state index in [2.05, 4.69) is 15.6 Å². The first-order valence-electron chi connectivity index (χ1n) is 8.99. The van der Waals surface area contributed by atoms with E-state index < -0.39 is 5.91 Å². The summed E-state index contributed by atoms with van der Waals surface area (Å²) in [6, 6.07) is 13.1. The monoisotopic (exact) mass is 378 g/mol. The number of anilines is 1. The van der Waals surface area contributed by atoms with Gasteiger partial charge in [0.1, 0.15) is 5.82 Å². The molecule has 0 saturated carbocycles. The maximum Gasteiger partial charge on any atom is 0.250 e. The molecule has 7 heteroatoms. The van der Waals surface area contributed by atoms with Crippen LogP contribution in [0.1, 0.15) is 21.8 Å². The Labute approximate surface area is 161 Å². The van der Waals surface area contributed by atoms with Crippen LogP contribution in [-0.4, -0.2) is 29.9 Å². The van der Waals surface area contributed by atoms with Crippen LogP contribution in [0, 0.1) is 11.7 Å². The van der Waals surface area contributed by atoms with Crippen LogP contribution in [0.2, 0.25) is 0 Å². The third-order valence-corrected chi connectivity index (χ3v) is 5.12. The Morgan fingerprint density at radius 2 is 2.00 bits per heavy atom. The number of pyridine rings is 1. The number of amides is 2. The fourth-order valence-electron chi connectivity index (χ4n) is 3.75. The van der Waals surface area contributed by atoms with Crippen molar-refractivity contribution < 1.29 is 14.0 Å². The molecule has 1 fully saturated rings. The molecular formula is C21H19FN4O2. The summed E-state index contributed by atoms with van der Waals surface area (Å²) in [5, 5.41) is 6.79. The molecule has 0 aliphatic carbocycles. The maximum absolute atomic E-state index is 13.6. The van der Waals surface area contributed by atoms with Crippen LogP contribution in [0.3, 0.4) is 0 Å². The molecule has 1 aliphatic heterocycles. The van der Waals surface area contributed by atoms with Gasteiger partial charge in [0.2, 0.25) is 5.91 Å². The highest BCUT2D eigenvalue weighted by molar-refractivity contribution is 6.10. The number of nitrogens with two attached hydrogens (primary N) is 1. The van der Waals surface area contributed by atoms with E-state index in [-0.39, 0.29) is 23.6 Å². The molecular weight excluding hydrogens is 359 g/mol. The van der Waals surface area contributed by atoms with E-state index in [0.717, 1.165) is 5.56 Å². The molecule has 28 heavy (non-hydrogen) atoms. The molecule has 0 spiro atoms. The summed E-state index contributed by atoms with van der Waals surface area (Å²) in [7, 11) is 0. The number of benzene rings is 2. The summed E-state index contributed by atoms with van der Waals surface area (Å²) in [4.78, 5) is 28.9. The van der Waals surface area contributed by atoms with Gasteiger partial charge in [-0.05, 0) is 42.0 Å². The highest BCUT2D eigenvalue weighted by atomic mass is 19.1. The summed E-state index contributed by atoms with van der Waals surface area (Å²) in [5.74, 6) is -1.53. The van der Waals surface area contributed by atoms with Gasteiger partial charge in [0, 0.05) is 30.6 Å². The van der Waals surface area contributed by atoms with Crippen molar-refractivity contribution in [1.29, 1.82) is 0 Å². The topological polar surface area (TPSA) is 97.1 Å². The van der Waals surface area contributed by atoms with E-state index in [1.807, 2.05) is 6.07 Å². The third kappa shape index (κ3) is 3.32. The number of hydrogen-bond donors (Lipinski definition) is 3. The van der Waals surface area contributed by atoms with Crippen molar-refractivity contribution in [3.05, 3.63) is 71.7 Å². The van der Waals surface area contributed by atoms with Gasteiger partial charge >= 0.3 is 0 Å². The second-order valence-corrected chi connectivity index (χ2v) is 6.84. The van der Waals surface area contributed by atoms with Gasteiger partial charge in [-0.25, -0.2) is 4.39 Å². The van der Waals surface area contributed by atoms with Crippen LogP contribution >= 0.6 is 0 Å². The second-order valence-electron chi connectivity index (χ2n) is 6.84. The van der Waals surface area contributed by atoms with Gasteiger partial charge < -0.3 is 16.4 Å². The van der Waals surface area contributed by atoms with Crippen LogP contribution in [-0.2, 0) is 4.79 Å². The van der Waals surface area contributed by atoms with Crippen LogP contribution in [0.25, 0.3) is 10.9 Å². The summed E-state index contributed by atoms with van der Waals surface area (Å²) >= 11 is 0. The lowest BCUT2D eigenvalue weighted by Gasteiger charge is -2.19. The van der Waals surface area contributed by atoms with E-state index in [1.54, 1.807) is 36.5 Å². The SMILES string of the molecule is NC(=O)c1ccc(NC(=O)C2CNCC2c2cccc(F)c2)c2cccnc12. The smallest absolute Gasteiger partial charge is 0.250 e. The summed E-state index contributed by atoms with van der Waals surface area (Å²) in [6.45, 7) is 1.10. The number of halogens is 1. The largest absolute Gasteiger partial charge is 0.366 e. The Morgan fingerprint density at radius 3 is 2.79 bits per heavy atom. The molecule has 0 bridgehead atoms. The number of primary amides is 1. The highest BCUT2D eigenvalue weighted by Crippen LogP contribution is 2.31. The number of aromatic nitrogens is 1. The molecule has 4 N–H and O–H groups in total. The van der Waals surface area contributed by atoms with E-state index in [0.29, 0.717) is 35.2 Å². The zero-order valence-electron chi connectivity index (χ0n) is 15.0. The summed E-state index contributed by atoms with van der Waals surface area (Å²) in [5.41, 5.74) is 7.51. The standard InChI is InChI=1S/C21H19FN4O2/c22-13-4-1-3-12(9-13)16-10-24-11-17(16)21(28)26-18-7-6-15(20(23)27)19-14(18)5-2-8-25-19/h1-9,16-17,24H,10-11H2,(H2,23,27)(H,26,28). The van der Waals surface area contributed by atoms with E-state index in [1.165, 1.54) is 12.1 Å². The van der Waals surface area contributed by atoms with Crippen molar-refractivity contribution in [2.24, 2.45) is 11.7 Å². The van der Waals surface area contributed by atoms with Gasteiger partial charge in [-0.2, -0.15) is 0 Å². The van der Waals surface area contributed by atoms with Gasteiger partial charge in [0.15, 0.2) is 0 Å². The molecule has 3 aromatic rings. The van der Waals surface area contributed by atoms with Crippen molar-refractivity contribution in [1.82, 2.24) is 10.3 Å². The van der Waals surface area contributed by atoms with Crippen molar-refractivity contribution >= 4 is 28.4 Å². The fraction of sp³-hybridized carbons (Fsp3) is 0.190. The van der Waals surface area contributed by atoms with E-state index in [4.69, 9.17) is 5.73 Å². The minimum Gasteiger partial charge on any atom is -0.366 e. The quantitative estimate of drug-likeness (QED) is 0.649. The predicted molar refractivity (Wildman–Crippen MR) is 104 cm³/mol. The van der Waals surface area contributed by atoms with Crippen molar-refractivity contribution in [2.45, 2.75) is 5.92 Å². The molecule has 4 rings (SSSR count). The molecule has 2 heterocycles. The molecule has 0 radical (unpaired) electrons. The van der Waals surface area contributed by atoms with Gasteiger partial charge in [-0.1, -0.05) is 12.1 Å². The molecule has 2 unspecified atom stereocenters. The third-order valence-electron chi connectivity index (χ3n) is 5.12. The average molecular weight is 378 g/mol. The predicted octanol–water partition coefficient (Wildman–Crippen LogP) is 2.41. The zero-order chi connectivity index (χ0) is 19.7.